The van der Waals surface area contributed by atoms with E-state index in [0.717, 1.165) is 28.2 Å². The molecule has 0 fully saturated rings. The van der Waals surface area contributed by atoms with Crippen LogP contribution in [-0.4, -0.2) is 0 Å². The molecule has 0 heterocycles. The van der Waals surface area contributed by atoms with Gasteiger partial charge in [-0.15, -0.1) is 0 Å². The molecule has 1 nitrogen and oxygen atoms in total. The first-order valence-electron chi connectivity index (χ1n) is 24.5. The minimum absolute atomic E-state index is 0.0601. The monoisotopic (exact) mass is 895 g/mol. The second-order valence-electron chi connectivity index (χ2n) is 19.6. The molecule has 0 aliphatic heterocycles. The van der Waals surface area contributed by atoms with Gasteiger partial charge in [-0.2, -0.15) is 0 Å². The van der Waals surface area contributed by atoms with Crippen molar-refractivity contribution in [1.29, 1.82) is 0 Å². The molecule has 70 heavy (non-hydrogen) atoms. The normalized spacial score (nSPS) is 12.6. The van der Waals surface area contributed by atoms with Crippen LogP contribution in [0.2, 0.25) is 0 Å². The highest BCUT2D eigenvalue weighted by atomic mass is 15.1. The highest BCUT2D eigenvalue weighted by Crippen LogP contribution is 2.58. The van der Waals surface area contributed by atoms with E-state index >= 15 is 0 Å². The number of hydrogen-bond acceptors (Lipinski definition) is 1. The maximum absolute atomic E-state index is 2.56. The van der Waals surface area contributed by atoms with Crippen molar-refractivity contribution in [2.45, 2.75) is 31.6 Å². The third-order valence-corrected chi connectivity index (χ3v) is 14.5. The minimum atomic E-state index is -0.576. The van der Waals surface area contributed by atoms with Gasteiger partial charge in [0.25, 0.3) is 0 Å². The number of fused-ring (bicyclic) bond motifs is 4. The lowest BCUT2D eigenvalue weighted by Crippen LogP contribution is -2.28. The molecule has 11 aromatic carbocycles. The van der Waals surface area contributed by atoms with E-state index in [1.54, 1.807) is 0 Å². The van der Waals surface area contributed by atoms with Crippen molar-refractivity contribution in [1.82, 2.24) is 0 Å². The Morgan fingerprint density at radius 2 is 0.843 bits per heavy atom. The smallest absolute Gasteiger partial charge is 0.0714 e. The Bertz CT molecular complexity index is 3620. The molecule has 0 bridgehead atoms. The summed E-state index contributed by atoms with van der Waals surface area (Å²) in [5, 5.41) is 2.39. The van der Waals surface area contributed by atoms with Crippen molar-refractivity contribution in [2.75, 3.05) is 4.90 Å². The molecule has 0 saturated carbocycles. The molecule has 334 valence electrons. The van der Waals surface area contributed by atoms with E-state index in [1.165, 1.54) is 83.1 Å². The van der Waals surface area contributed by atoms with E-state index in [4.69, 9.17) is 0 Å². The van der Waals surface area contributed by atoms with E-state index in [-0.39, 0.29) is 5.41 Å². The van der Waals surface area contributed by atoms with Gasteiger partial charge >= 0.3 is 0 Å². The minimum Gasteiger partial charge on any atom is -0.309 e. The van der Waals surface area contributed by atoms with Crippen LogP contribution in [-0.2, 0) is 10.8 Å². The molecular weight excluding hydrogens is 843 g/mol. The third-order valence-electron chi connectivity index (χ3n) is 14.5. The van der Waals surface area contributed by atoms with Crippen molar-refractivity contribution in [3.05, 3.63) is 295 Å². The molecular formula is C69H53N. The molecule has 0 amide bonds. The summed E-state index contributed by atoms with van der Waals surface area (Å²) in [5.74, 6) is 0. The van der Waals surface area contributed by atoms with Gasteiger partial charge in [-0.05, 0) is 119 Å². The van der Waals surface area contributed by atoms with Gasteiger partial charge in [0.2, 0.25) is 0 Å². The average Bonchev–Trinajstić information content (AvgIpc) is 3.72. The van der Waals surface area contributed by atoms with Gasteiger partial charge < -0.3 is 4.90 Å². The maximum Gasteiger partial charge on any atom is 0.0714 e. The van der Waals surface area contributed by atoms with Crippen LogP contribution >= 0.6 is 0 Å². The zero-order valence-corrected chi connectivity index (χ0v) is 39.9. The van der Waals surface area contributed by atoms with E-state index in [1.807, 2.05) is 0 Å². The molecule has 1 heteroatoms. The van der Waals surface area contributed by atoms with Crippen LogP contribution in [0.3, 0.4) is 0 Å². The predicted octanol–water partition coefficient (Wildman–Crippen LogP) is 18.6. The summed E-state index contributed by atoms with van der Waals surface area (Å²) in [6.45, 7) is 6.83. The Morgan fingerprint density at radius 3 is 1.50 bits per heavy atom. The van der Waals surface area contributed by atoms with E-state index < -0.39 is 5.41 Å². The van der Waals surface area contributed by atoms with Crippen LogP contribution < -0.4 is 4.90 Å². The van der Waals surface area contributed by atoms with Crippen molar-refractivity contribution < 1.29 is 0 Å². The van der Waals surface area contributed by atoms with Crippen LogP contribution in [0.25, 0.3) is 66.4 Å². The fraction of sp³-hybridized carbons (Fsp3) is 0.0725. The Labute approximate surface area is 412 Å². The van der Waals surface area contributed by atoms with Crippen LogP contribution in [0.15, 0.2) is 267 Å². The lowest BCUT2D eigenvalue weighted by atomic mass is 9.67. The first-order valence-corrected chi connectivity index (χ1v) is 24.5. The van der Waals surface area contributed by atoms with Gasteiger partial charge in [-0.3, -0.25) is 0 Å². The number of benzene rings is 11. The summed E-state index contributed by atoms with van der Waals surface area (Å²) in [5.41, 5.74) is 21.0. The van der Waals surface area contributed by atoms with Crippen LogP contribution in [0, 0.1) is 0 Å². The summed E-state index contributed by atoms with van der Waals surface area (Å²) in [6, 6.07) is 99.0. The van der Waals surface area contributed by atoms with Gasteiger partial charge in [0.05, 0.1) is 16.8 Å². The zero-order chi connectivity index (χ0) is 47.2. The summed E-state index contributed by atoms with van der Waals surface area (Å²) >= 11 is 0. The molecule has 12 rings (SSSR count). The summed E-state index contributed by atoms with van der Waals surface area (Å²) in [6.07, 6.45) is 0. The molecule has 0 saturated heterocycles. The van der Waals surface area contributed by atoms with Crippen LogP contribution in [0.1, 0.15) is 48.6 Å². The first kappa shape index (κ1) is 42.8. The predicted molar refractivity (Wildman–Crippen MR) is 296 cm³/mol. The fourth-order valence-electron chi connectivity index (χ4n) is 11.2. The van der Waals surface area contributed by atoms with Gasteiger partial charge in [-0.25, -0.2) is 0 Å². The van der Waals surface area contributed by atoms with Crippen LogP contribution in [0.4, 0.5) is 17.1 Å². The third kappa shape index (κ3) is 7.25. The Morgan fingerprint density at radius 1 is 0.329 bits per heavy atom. The largest absolute Gasteiger partial charge is 0.309 e. The number of rotatable bonds is 9. The fourth-order valence-corrected chi connectivity index (χ4v) is 11.2. The van der Waals surface area contributed by atoms with Crippen molar-refractivity contribution >= 4 is 27.8 Å². The lowest BCUT2D eigenvalue weighted by Gasteiger charge is -2.35. The number of nitrogens with zero attached hydrogens (tertiary/aromatic N) is 1. The first-order chi connectivity index (χ1) is 34.4. The SMILES string of the molecule is CC(C)(C)c1ccc(-c2ccc(N(c3ccc4c(c3)C(c3ccccc3)(c3ccccc3)c3ccccc3-4)c3ccc4ccccc4c3-c3ccccc3-c3ccccc3)c(-c3ccccc3)c2)cc1. The molecule has 0 spiro atoms. The molecule has 1 aliphatic carbocycles. The Hall–Kier alpha value is -8.52. The average molecular weight is 896 g/mol. The van der Waals surface area contributed by atoms with Crippen molar-refractivity contribution in [3.63, 3.8) is 0 Å². The van der Waals surface area contributed by atoms with E-state index in [0.29, 0.717) is 0 Å². The van der Waals surface area contributed by atoms with Gasteiger partial charge in [0, 0.05) is 16.8 Å². The molecule has 0 atom stereocenters. The second kappa shape index (κ2) is 17.5. The van der Waals surface area contributed by atoms with E-state index in [2.05, 4.69) is 293 Å². The molecule has 0 unspecified atom stereocenters. The quantitative estimate of drug-likeness (QED) is 0.140. The highest BCUT2D eigenvalue weighted by Gasteiger charge is 2.46. The highest BCUT2D eigenvalue weighted by molar-refractivity contribution is 6.09. The molecule has 0 aromatic heterocycles. The van der Waals surface area contributed by atoms with Gasteiger partial charge in [0.1, 0.15) is 0 Å². The number of hydrogen-bond donors (Lipinski definition) is 0. The Kier molecular flexibility index (Phi) is 10.7. The summed E-state index contributed by atoms with van der Waals surface area (Å²) in [4.78, 5) is 2.56. The molecule has 1 aliphatic rings. The molecule has 0 N–H and O–H groups in total. The van der Waals surface area contributed by atoms with Crippen molar-refractivity contribution in [3.8, 4) is 55.6 Å². The standard InChI is InChI=1S/C69H53N/c1-68(2,3)53-40-36-48(37-41-53)52-39-44-65(62(46-52)50-24-10-5-11-25-50)70(66-45-38-51-26-16-17-32-58(51)67(66)61-34-19-18-31-57(61)49-22-8-4-9-23-49)56-42-43-60-59-33-20-21-35-63(59)69(64(60)47-56,54-27-12-6-13-28-54)55-29-14-7-15-30-55/h4-47H,1-3H3. The van der Waals surface area contributed by atoms with Crippen molar-refractivity contribution in [2.24, 2.45) is 0 Å². The zero-order valence-electron chi connectivity index (χ0n) is 39.9. The van der Waals surface area contributed by atoms with Crippen LogP contribution in [0.5, 0.6) is 0 Å². The molecule has 0 radical (unpaired) electrons. The van der Waals surface area contributed by atoms with Gasteiger partial charge in [0.15, 0.2) is 0 Å². The topological polar surface area (TPSA) is 3.24 Å². The summed E-state index contributed by atoms with van der Waals surface area (Å²) < 4.78 is 0. The lowest BCUT2D eigenvalue weighted by molar-refractivity contribution is 0.590. The van der Waals surface area contributed by atoms with E-state index in [9.17, 15) is 0 Å². The molecule has 11 aromatic rings. The van der Waals surface area contributed by atoms with Gasteiger partial charge in [-0.1, -0.05) is 257 Å². The Balaban J connectivity index is 1.19. The number of anilines is 3. The second-order valence-corrected chi connectivity index (χ2v) is 19.6. The summed E-state index contributed by atoms with van der Waals surface area (Å²) in [7, 11) is 0. The maximum atomic E-state index is 2.56.